The van der Waals surface area contributed by atoms with Crippen LogP contribution in [0.5, 0.6) is 5.75 Å². The molecule has 0 aliphatic heterocycles. The topological polar surface area (TPSA) is 94.8 Å². The minimum atomic E-state index is -0.258. The van der Waals surface area contributed by atoms with Crippen molar-refractivity contribution in [1.29, 1.82) is 0 Å². The highest BCUT2D eigenvalue weighted by atomic mass is 32.1. The minimum Gasteiger partial charge on any atom is -0.484 e. The van der Waals surface area contributed by atoms with Crippen LogP contribution in [0, 0.1) is 6.92 Å². The predicted molar refractivity (Wildman–Crippen MR) is 97.6 cm³/mol. The van der Waals surface area contributed by atoms with Crippen LogP contribution in [0.25, 0.3) is 15.9 Å². The van der Waals surface area contributed by atoms with Crippen molar-refractivity contribution in [3.05, 3.63) is 54.4 Å². The third kappa shape index (κ3) is 3.38. The number of para-hydroxylation sites is 1. The van der Waals surface area contributed by atoms with Crippen LogP contribution in [-0.4, -0.2) is 37.7 Å². The van der Waals surface area contributed by atoms with Crippen molar-refractivity contribution in [1.82, 2.24) is 25.2 Å². The minimum absolute atomic E-state index is 0.0981. The Labute approximate surface area is 152 Å². The Hall–Kier alpha value is -3.33. The monoisotopic (exact) mass is 366 g/mol. The van der Waals surface area contributed by atoms with E-state index in [9.17, 15) is 4.79 Å². The number of thiazole rings is 1. The number of nitrogens with zero attached hydrogens (tertiary/aromatic N) is 5. The molecule has 0 bridgehead atoms. The molecule has 2 heterocycles. The van der Waals surface area contributed by atoms with E-state index < -0.39 is 0 Å². The summed E-state index contributed by atoms with van der Waals surface area (Å²) in [6, 6.07) is 13.1. The standard InChI is InChI=1S/C17H14N6O2S/c1-11-3-2-4-14-16(11)20-17(26-14)19-15(24)9-25-13-7-5-12(6-8-13)23-10-18-21-22-23/h2-8,10H,9H2,1H3,(H,19,20,24). The Bertz CT molecular complexity index is 1040. The Morgan fingerprint density at radius 2 is 2.08 bits per heavy atom. The van der Waals surface area contributed by atoms with Gasteiger partial charge in [-0.05, 0) is 53.2 Å². The van der Waals surface area contributed by atoms with Gasteiger partial charge >= 0.3 is 0 Å². The summed E-state index contributed by atoms with van der Waals surface area (Å²) in [6.45, 7) is 1.90. The highest BCUT2D eigenvalue weighted by Gasteiger charge is 2.10. The van der Waals surface area contributed by atoms with Crippen molar-refractivity contribution in [3.8, 4) is 11.4 Å². The van der Waals surface area contributed by atoms with Gasteiger partial charge in [0.2, 0.25) is 0 Å². The van der Waals surface area contributed by atoms with Gasteiger partial charge in [0.05, 0.1) is 15.9 Å². The second kappa shape index (κ2) is 6.89. The summed E-state index contributed by atoms with van der Waals surface area (Å²) in [7, 11) is 0. The Kier molecular flexibility index (Phi) is 4.28. The van der Waals surface area contributed by atoms with E-state index in [2.05, 4.69) is 25.8 Å². The summed E-state index contributed by atoms with van der Waals surface area (Å²) in [5, 5.41) is 14.3. The molecule has 2 aromatic carbocycles. The van der Waals surface area contributed by atoms with Crippen LogP contribution < -0.4 is 10.1 Å². The zero-order valence-electron chi connectivity index (χ0n) is 13.8. The summed E-state index contributed by atoms with van der Waals surface area (Å²) in [5.74, 6) is 0.323. The lowest BCUT2D eigenvalue weighted by Gasteiger charge is -2.06. The van der Waals surface area contributed by atoms with Crippen LogP contribution in [0.2, 0.25) is 0 Å². The molecule has 8 nitrogen and oxygen atoms in total. The molecule has 0 saturated carbocycles. The molecule has 0 spiro atoms. The molecule has 2 aromatic heterocycles. The molecule has 0 aliphatic carbocycles. The third-order valence-corrected chi connectivity index (χ3v) is 4.62. The highest BCUT2D eigenvalue weighted by Crippen LogP contribution is 2.27. The molecule has 0 saturated heterocycles. The average Bonchev–Trinajstić information content (AvgIpc) is 3.31. The first-order valence-corrected chi connectivity index (χ1v) is 8.63. The largest absolute Gasteiger partial charge is 0.484 e. The smallest absolute Gasteiger partial charge is 0.264 e. The summed E-state index contributed by atoms with van der Waals surface area (Å²) in [6.07, 6.45) is 1.50. The number of benzene rings is 2. The molecular formula is C17H14N6O2S. The zero-order chi connectivity index (χ0) is 17.9. The van der Waals surface area contributed by atoms with Crippen molar-refractivity contribution in [3.63, 3.8) is 0 Å². The van der Waals surface area contributed by atoms with E-state index >= 15 is 0 Å². The highest BCUT2D eigenvalue weighted by molar-refractivity contribution is 7.22. The fourth-order valence-electron chi connectivity index (χ4n) is 2.42. The number of carbonyl (C=O) groups excluding carboxylic acids is 1. The normalized spacial score (nSPS) is 10.8. The van der Waals surface area contributed by atoms with Crippen LogP contribution in [0.1, 0.15) is 5.56 Å². The van der Waals surface area contributed by atoms with Gasteiger partial charge in [-0.3, -0.25) is 10.1 Å². The number of carbonyl (C=O) groups is 1. The molecule has 0 aliphatic rings. The van der Waals surface area contributed by atoms with Crippen LogP contribution >= 0.6 is 11.3 Å². The lowest BCUT2D eigenvalue weighted by molar-refractivity contribution is -0.118. The molecular weight excluding hydrogens is 352 g/mol. The van der Waals surface area contributed by atoms with Crippen molar-refractivity contribution in [2.24, 2.45) is 0 Å². The number of hydrogen-bond donors (Lipinski definition) is 1. The quantitative estimate of drug-likeness (QED) is 0.583. The third-order valence-electron chi connectivity index (χ3n) is 3.69. The van der Waals surface area contributed by atoms with Crippen LogP contribution in [0.3, 0.4) is 0 Å². The van der Waals surface area contributed by atoms with Crippen LogP contribution in [-0.2, 0) is 4.79 Å². The average molecular weight is 366 g/mol. The summed E-state index contributed by atoms with van der Waals surface area (Å²) < 4.78 is 8.09. The maximum atomic E-state index is 12.1. The maximum absolute atomic E-state index is 12.1. The molecule has 4 aromatic rings. The molecule has 0 atom stereocenters. The molecule has 0 radical (unpaired) electrons. The molecule has 0 fully saturated rings. The van der Waals surface area contributed by atoms with Gasteiger partial charge < -0.3 is 4.74 Å². The van der Waals surface area contributed by atoms with Crippen molar-refractivity contribution >= 4 is 32.6 Å². The number of rotatable bonds is 5. The van der Waals surface area contributed by atoms with Crippen molar-refractivity contribution in [2.45, 2.75) is 6.92 Å². The van der Waals surface area contributed by atoms with Crippen molar-refractivity contribution in [2.75, 3.05) is 11.9 Å². The number of nitrogens with one attached hydrogen (secondary N) is 1. The molecule has 130 valence electrons. The molecule has 1 N–H and O–H groups in total. The number of aromatic nitrogens is 5. The van der Waals surface area contributed by atoms with E-state index in [4.69, 9.17) is 4.74 Å². The number of amides is 1. The molecule has 26 heavy (non-hydrogen) atoms. The molecule has 9 heteroatoms. The van der Waals surface area contributed by atoms with E-state index in [0.29, 0.717) is 10.9 Å². The predicted octanol–water partition coefficient (Wildman–Crippen LogP) is 2.60. The fourth-order valence-corrected chi connectivity index (χ4v) is 3.38. The zero-order valence-corrected chi connectivity index (χ0v) is 14.6. The van der Waals surface area contributed by atoms with Gasteiger partial charge in [0.15, 0.2) is 11.7 Å². The number of anilines is 1. The number of aryl methyl sites for hydroxylation is 1. The fraction of sp³-hybridized carbons (Fsp3) is 0.118. The van der Waals surface area contributed by atoms with E-state index in [0.717, 1.165) is 21.5 Å². The molecule has 1 amide bonds. The number of hydrogen-bond acceptors (Lipinski definition) is 7. The first kappa shape index (κ1) is 16.2. The lowest BCUT2D eigenvalue weighted by Crippen LogP contribution is -2.20. The first-order chi connectivity index (χ1) is 12.7. The van der Waals surface area contributed by atoms with Gasteiger partial charge in [-0.2, -0.15) is 0 Å². The lowest BCUT2D eigenvalue weighted by atomic mass is 10.2. The van der Waals surface area contributed by atoms with E-state index in [-0.39, 0.29) is 12.5 Å². The molecule has 0 unspecified atom stereocenters. The number of ether oxygens (including phenoxy) is 1. The second-order valence-electron chi connectivity index (χ2n) is 5.53. The molecule has 4 rings (SSSR count). The Balaban J connectivity index is 1.36. The van der Waals surface area contributed by atoms with Crippen LogP contribution in [0.4, 0.5) is 5.13 Å². The van der Waals surface area contributed by atoms with Gasteiger partial charge in [0.25, 0.3) is 5.91 Å². The SMILES string of the molecule is Cc1cccc2sc(NC(=O)COc3ccc(-n4cnnn4)cc3)nc12. The Morgan fingerprint density at radius 1 is 1.23 bits per heavy atom. The van der Waals surface area contributed by atoms with E-state index in [1.165, 1.54) is 22.3 Å². The maximum Gasteiger partial charge on any atom is 0.264 e. The Morgan fingerprint density at radius 3 is 2.81 bits per heavy atom. The summed E-state index contributed by atoms with van der Waals surface area (Å²) in [5.41, 5.74) is 2.79. The second-order valence-corrected chi connectivity index (χ2v) is 6.56. The van der Waals surface area contributed by atoms with Crippen LogP contribution in [0.15, 0.2) is 48.8 Å². The summed E-state index contributed by atoms with van der Waals surface area (Å²) >= 11 is 1.44. The van der Waals surface area contributed by atoms with Crippen molar-refractivity contribution < 1.29 is 9.53 Å². The summed E-state index contributed by atoms with van der Waals surface area (Å²) in [4.78, 5) is 16.6. The van der Waals surface area contributed by atoms with Gasteiger partial charge in [-0.25, -0.2) is 9.67 Å². The first-order valence-electron chi connectivity index (χ1n) is 7.81. The van der Waals surface area contributed by atoms with E-state index in [1.54, 1.807) is 24.3 Å². The van der Waals surface area contributed by atoms with Gasteiger partial charge in [-0.1, -0.05) is 23.5 Å². The number of fused-ring (bicyclic) bond motifs is 1. The number of tetrazole rings is 1. The van der Waals surface area contributed by atoms with Gasteiger partial charge in [-0.15, -0.1) is 5.10 Å². The van der Waals surface area contributed by atoms with Gasteiger partial charge in [0.1, 0.15) is 12.1 Å². The van der Waals surface area contributed by atoms with Gasteiger partial charge in [0, 0.05) is 0 Å². The van der Waals surface area contributed by atoms with E-state index in [1.807, 2.05) is 25.1 Å².